The van der Waals surface area contributed by atoms with Gasteiger partial charge < -0.3 is 10.6 Å². The molecule has 4 rings (SSSR count). The van der Waals surface area contributed by atoms with Gasteiger partial charge in [-0.25, -0.2) is 14.7 Å². The molecule has 0 bridgehead atoms. The average molecular weight is 622 g/mol. The molecule has 3 aromatic heterocycles. The predicted octanol–water partition coefficient (Wildman–Crippen LogP) is 5.68. The van der Waals surface area contributed by atoms with E-state index in [2.05, 4.69) is 44.2 Å². The van der Waals surface area contributed by atoms with Gasteiger partial charge in [0.05, 0.1) is 17.3 Å². The van der Waals surface area contributed by atoms with Crippen molar-refractivity contribution in [3.8, 4) is 0 Å². The number of amides is 1. The van der Waals surface area contributed by atoms with Crippen molar-refractivity contribution in [2.24, 2.45) is 5.92 Å². The van der Waals surface area contributed by atoms with Crippen LogP contribution in [0.5, 0.6) is 0 Å². The lowest BCUT2D eigenvalue weighted by Crippen LogP contribution is -2.32. The predicted molar refractivity (Wildman–Crippen MR) is 164 cm³/mol. The smallest absolute Gasteiger partial charge is 0.281 e. The first kappa shape index (κ1) is 32.7. The summed E-state index contributed by atoms with van der Waals surface area (Å²) in [6.07, 6.45) is 4.60. The normalized spacial score (nSPS) is 17.4. The minimum Gasteiger partial charge on any atom is -0.362 e. The summed E-state index contributed by atoms with van der Waals surface area (Å²) in [4.78, 5) is 26.0. The molecule has 1 amide bonds. The lowest BCUT2D eigenvalue weighted by atomic mass is 9.91. The minimum absolute atomic E-state index is 0. The first-order valence-corrected chi connectivity index (χ1v) is 15.2. The van der Waals surface area contributed by atoms with Crippen molar-refractivity contribution in [1.82, 2.24) is 25.0 Å². The molecule has 9 nitrogen and oxygen atoms in total. The first-order chi connectivity index (χ1) is 18.7. The van der Waals surface area contributed by atoms with Crippen LogP contribution in [-0.2, 0) is 15.4 Å². The second kappa shape index (κ2) is 13.0. The maximum absolute atomic E-state index is 13.1. The molecule has 1 fully saturated rings. The summed E-state index contributed by atoms with van der Waals surface area (Å²) in [6.45, 7) is 11.3. The molecule has 1 unspecified atom stereocenters. The third-order valence-corrected chi connectivity index (χ3v) is 8.51. The molecule has 3 aromatic rings. The highest BCUT2D eigenvalue weighted by Gasteiger charge is 2.31. The lowest BCUT2D eigenvalue weighted by molar-refractivity contribution is 0.0981. The van der Waals surface area contributed by atoms with Gasteiger partial charge in [-0.2, -0.15) is 8.42 Å². The third-order valence-electron chi connectivity index (χ3n) is 6.99. The molecule has 41 heavy (non-hydrogen) atoms. The Balaban J connectivity index is 0.00000462. The van der Waals surface area contributed by atoms with E-state index in [9.17, 15) is 13.2 Å². The Bertz CT molecular complexity index is 1460. The fourth-order valence-electron chi connectivity index (χ4n) is 4.84. The summed E-state index contributed by atoms with van der Waals surface area (Å²) in [5.74, 6) is 0.0272. The zero-order chi connectivity index (χ0) is 29.1. The molecule has 0 aromatic carbocycles. The van der Waals surface area contributed by atoms with Gasteiger partial charge in [0.15, 0.2) is 5.03 Å². The average Bonchev–Trinajstić information content (AvgIpc) is 3.24. The first-order valence-electron chi connectivity index (χ1n) is 13.4. The number of carbonyl (C=O) groups is 1. The number of rotatable bonds is 9. The fourth-order valence-corrected chi connectivity index (χ4v) is 6.02. The maximum atomic E-state index is 13.1. The number of nitrogens with one attached hydrogen (secondary N) is 3. The third kappa shape index (κ3) is 8.61. The minimum atomic E-state index is -4.29. The number of hydrogen-bond acceptors (Lipinski definition) is 8. The summed E-state index contributed by atoms with van der Waals surface area (Å²) in [5, 5.41) is 6.57. The highest BCUT2D eigenvalue weighted by Crippen LogP contribution is 2.31. The molecule has 2 atom stereocenters. The number of hydrogen-bond donors (Lipinski definition) is 3. The van der Waals surface area contributed by atoms with Crippen LogP contribution in [0.15, 0.2) is 59.8 Å². The zero-order valence-corrected chi connectivity index (χ0v) is 26.3. The van der Waals surface area contributed by atoms with Gasteiger partial charge in [-0.15, -0.1) is 12.4 Å². The van der Waals surface area contributed by atoms with Crippen LogP contribution in [0, 0.1) is 5.92 Å². The van der Waals surface area contributed by atoms with Gasteiger partial charge in [-0.3, -0.25) is 9.78 Å². The molecule has 12 heteroatoms. The van der Waals surface area contributed by atoms with Crippen LogP contribution in [0.3, 0.4) is 0 Å². The molecule has 0 aliphatic carbocycles. The number of carbonyl (C=O) groups excluding carboxylic acids is 1. The number of aromatic nitrogens is 3. The number of anilines is 1. The van der Waals surface area contributed by atoms with Gasteiger partial charge in [0, 0.05) is 22.8 Å². The summed E-state index contributed by atoms with van der Waals surface area (Å²) in [6, 6.07) is 13.3. The van der Waals surface area contributed by atoms with Crippen LogP contribution in [0.1, 0.15) is 81.7 Å². The highest BCUT2D eigenvalue weighted by molar-refractivity contribution is 7.90. The molecule has 4 heterocycles. The van der Waals surface area contributed by atoms with Crippen LogP contribution < -0.4 is 15.4 Å². The summed E-state index contributed by atoms with van der Waals surface area (Å²) >= 11 is 6.24. The van der Waals surface area contributed by atoms with E-state index in [1.807, 2.05) is 39.0 Å². The van der Waals surface area contributed by atoms with Gasteiger partial charge in [-0.1, -0.05) is 44.5 Å². The van der Waals surface area contributed by atoms with Gasteiger partial charge in [-0.05, 0) is 82.0 Å². The van der Waals surface area contributed by atoms with E-state index in [4.69, 9.17) is 11.6 Å². The molecule has 222 valence electrons. The zero-order valence-electron chi connectivity index (χ0n) is 23.9. The van der Waals surface area contributed by atoms with E-state index in [1.54, 1.807) is 24.4 Å². The lowest BCUT2D eigenvalue weighted by Gasteiger charge is -2.21. The van der Waals surface area contributed by atoms with Crippen LogP contribution in [-0.4, -0.2) is 41.4 Å². The SMILES string of the molecule is CC1(C)C[C@H](CCC(Nc2cccc(S(=O)(=O)NC(=O)c3ccc(C(C)(C)C)nc3Cl)n2)c2ccccn2)CN1.Cl. The van der Waals surface area contributed by atoms with E-state index in [1.165, 1.54) is 12.1 Å². The van der Waals surface area contributed by atoms with Gasteiger partial charge in [0.1, 0.15) is 11.0 Å². The highest BCUT2D eigenvalue weighted by atomic mass is 35.5. The Hall–Kier alpha value is -2.79. The van der Waals surface area contributed by atoms with Crippen molar-refractivity contribution in [3.05, 3.63) is 76.8 Å². The number of sulfonamides is 1. The fraction of sp³-hybridized carbons (Fsp3) is 0.448. The quantitative estimate of drug-likeness (QED) is 0.261. The molecule has 1 aliphatic rings. The second-order valence-electron chi connectivity index (χ2n) is 11.9. The second-order valence-corrected chi connectivity index (χ2v) is 13.9. The van der Waals surface area contributed by atoms with E-state index in [-0.39, 0.29) is 45.1 Å². The van der Waals surface area contributed by atoms with E-state index < -0.39 is 15.9 Å². The number of halogens is 2. The summed E-state index contributed by atoms with van der Waals surface area (Å²) in [7, 11) is -4.29. The summed E-state index contributed by atoms with van der Waals surface area (Å²) < 4.78 is 28.3. The van der Waals surface area contributed by atoms with Crippen molar-refractivity contribution < 1.29 is 13.2 Å². The van der Waals surface area contributed by atoms with Crippen molar-refractivity contribution in [1.29, 1.82) is 0 Å². The van der Waals surface area contributed by atoms with Crippen LogP contribution in [0.4, 0.5) is 5.82 Å². The molecule has 0 radical (unpaired) electrons. The standard InChI is InChI=1S/C29H37ClN6O3S.ClH/c1-28(2,3)23-15-13-20(26(30)34-23)27(37)36-40(38,39)25-11-8-10-24(35-25)33-22(21-9-6-7-16-31-21)14-12-19-17-29(4,5)32-18-19;/h6-11,13,15-16,19,22,32H,12,14,17-18H2,1-5H3,(H,33,35)(H,36,37);1H/t19-,22?;/m0./s1. The topological polar surface area (TPSA) is 126 Å². The van der Waals surface area contributed by atoms with Crippen molar-refractivity contribution >= 4 is 45.8 Å². The number of pyridine rings is 3. The van der Waals surface area contributed by atoms with Gasteiger partial charge >= 0.3 is 0 Å². The molecule has 3 N–H and O–H groups in total. The van der Waals surface area contributed by atoms with Crippen molar-refractivity contribution in [2.75, 3.05) is 11.9 Å². The Labute approximate surface area is 253 Å². The van der Waals surface area contributed by atoms with Gasteiger partial charge in [0.2, 0.25) is 0 Å². The number of nitrogens with zero attached hydrogens (tertiary/aromatic N) is 3. The van der Waals surface area contributed by atoms with E-state index >= 15 is 0 Å². The van der Waals surface area contributed by atoms with E-state index in [0.29, 0.717) is 17.4 Å². The summed E-state index contributed by atoms with van der Waals surface area (Å²) in [5.41, 5.74) is 1.35. The van der Waals surface area contributed by atoms with Gasteiger partial charge in [0.25, 0.3) is 15.9 Å². The maximum Gasteiger partial charge on any atom is 0.281 e. The molecule has 1 saturated heterocycles. The van der Waals surface area contributed by atoms with Crippen LogP contribution in [0.2, 0.25) is 5.15 Å². The largest absolute Gasteiger partial charge is 0.362 e. The molecule has 0 spiro atoms. The molecule has 1 aliphatic heterocycles. The van der Waals surface area contributed by atoms with Crippen LogP contribution in [0.25, 0.3) is 0 Å². The molecule has 0 saturated carbocycles. The van der Waals surface area contributed by atoms with Crippen molar-refractivity contribution in [3.63, 3.8) is 0 Å². The Morgan fingerprint density at radius 3 is 2.49 bits per heavy atom. The Morgan fingerprint density at radius 2 is 1.88 bits per heavy atom. The van der Waals surface area contributed by atoms with Crippen molar-refractivity contribution in [2.45, 2.75) is 75.9 Å². The van der Waals surface area contributed by atoms with E-state index in [0.717, 1.165) is 31.5 Å². The van der Waals surface area contributed by atoms with Crippen LogP contribution >= 0.6 is 24.0 Å². The molecular weight excluding hydrogens is 583 g/mol. The Kier molecular flexibility index (Phi) is 10.4. The molecular formula is C29H38Cl2N6O3S. The monoisotopic (exact) mass is 620 g/mol. The Morgan fingerprint density at radius 1 is 1.12 bits per heavy atom.